The molecule has 1 saturated carbocycles. The van der Waals surface area contributed by atoms with Crippen molar-refractivity contribution in [1.82, 2.24) is 5.32 Å². The third-order valence-corrected chi connectivity index (χ3v) is 4.48. The maximum absolute atomic E-state index is 13.4. The van der Waals surface area contributed by atoms with Crippen LogP contribution in [0.2, 0.25) is 0 Å². The van der Waals surface area contributed by atoms with Gasteiger partial charge in [-0.2, -0.15) is 0 Å². The smallest absolute Gasteiger partial charge is 0.123 e. The van der Waals surface area contributed by atoms with Gasteiger partial charge in [-0.05, 0) is 69.7 Å². The van der Waals surface area contributed by atoms with Crippen molar-refractivity contribution in [3.63, 3.8) is 0 Å². The quantitative estimate of drug-likeness (QED) is 0.781. The van der Waals surface area contributed by atoms with E-state index >= 15 is 0 Å². The molecule has 0 heterocycles. The molecule has 1 aromatic carbocycles. The van der Waals surface area contributed by atoms with Crippen molar-refractivity contribution in [2.45, 2.75) is 64.8 Å². The first-order valence-electron chi connectivity index (χ1n) is 8.42. The molecule has 1 aromatic rings. The second kappa shape index (κ2) is 7.40. The molecule has 0 radical (unpaired) electrons. The largest absolute Gasteiger partial charge is 0.312 e. The highest BCUT2D eigenvalue weighted by Gasteiger charge is 2.22. The molecular formula is C19H30FN. The van der Waals surface area contributed by atoms with Gasteiger partial charge in [0.25, 0.3) is 0 Å². The lowest BCUT2D eigenvalue weighted by Crippen LogP contribution is -2.40. The van der Waals surface area contributed by atoms with Gasteiger partial charge in [-0.25, -0.2) is 4.39 Å². The predicted molar refractivity (Wildman–Crippen MR) is 87.9 cm³/mol. The Kier molecular flexibility index (Phi) is 5.80. The summed E-state index contributed by atoms with van der Waals surface area (Å²) in [5, 5.41) is 3.64. The number of hydrogen-bond acceptors (Lipinski definition) is 1. The van der Waals surface area contributed by atoms with Gasteiger partial charge in [-0.15, -0.1) is 0 Å². The highest BCUT2D eigenvalue weighted by molar-refractivity contribution is 5.17. The molecule has 0 bridgehead atoms. The van der Waals surface area contributed by atoms with Crippen molar-refractivity contribution < 1.29 is 4.39 Å². The molecule has 0 aromatic heterocycles. The predicted octanol–water partition coefficient (Wildman–Crippen LogP) is 4.95. The number of hydrogen-bond donors (Lipinski definition) is 1. The first-order valence-corrected chi connectivity index (χ1v) is 8.42. The second-order valence-corrected chi connectivity index (χ2v) is 7.72. The molecule has 2 rings (SSSR count). The average molecular weight is 291 g/mol. The molecular weight excluding hydrogens is 261 g/mol. The molecule has 0 aliphatic heterocycles. The summed E-state index contributed by atoms with van der Waals surface area (Å²) in [6.45, 7) is 7.65. The zero-order chi connectivity index (χ0) is 15.3. The first-order chi connectivity index (χ1) is 9.92. The highest BCUT2D eigenvalue weighted by Crippen LogP contribution is 2.31. The minimum atomic E-state index is -0.115. The van der Waals surface area contributed by atoms with Crippen LogP contribution in [-0.4, -0.2) is 12.1 Å². The van der Waals surface area contributed by atoms with Crippen LogP contribution in [0.3, 0.4) is 0 Å². The third kappa shape index (κ3) is 6.17. The summed E-state index contributed by atoms with van der Waals surface area (Å²) in [5.74, 6) is 1.37. The fourth-order valence-corrected chi connectivity index (χ4v) is 3.40. The van der Waals surface area contributed by atoms with Crippen LogP contribution >= 0.6 is 0 Å². The van der Waals surface area contributed by atoms with E-state index in [1.807, 2.05) is 6.07 Å². The summed E-state index contributed by atoms with van der Waals surface area (Å²) >= 11 is 0. The normalized spacial score (nSPS) is 18.1. The first kappa shape index (κ1) is 16.5. The number of rotatable bonds is 6. The van der Waals surface area contributed by atoms with E-state index in [1.165, 1.54) is 38.2 Å². The van der Waals surface area contributed by atoms with E-state index in [4.69, 9.17) is 0 Å². The van der Waals surface area contributed by atoms with Crippen LogP contribution in [0.15, 0.2) is 24.3 Å². The van der Waals surface area contributed by atoms with Crippen LogP contribution in [-0.2, 0) is 6.42 Å². The summed E-state index contributed by atoms with van der Waals surface area (Å²) in [5.41, 5.74) is 1.28. The topological polar surface area (TPSA) is 12.0 Å². The average Bonchev–Trinajstić information content (AvgIpc) is 2.88. The molecule has 1 nitrogen and oxygen atoms in total. The number of nitrogens with one attached hydrogen (secondary N) is 1. The molecule has 1 atom stereocenters. The van der Waals surface area contributed by atoms with E-state index in [2.05, 4.69) is 32.2 Å². The van der Waals surface area contributed by atoms with E-state index in [0.717, 1.165) is 24.4 Å². The maximum Gasteiger partial charge on any atom is 0.123 e. The molecule has 0 saturated heterocycles. The fourth-order valence-electron chi connectivity index (χ4n) is 3.40. The highest BCUT2D eigenvalue weighted by atomic mass is 19.1. The zero-order valence-corrected chi connectivity index (χ0v) is 13.8. The summed E-state index contributed by atoms with van der Waals surface area (Å²) in [6, 6.07) is 7.11. The van der Waals surface area contributed by atoms with Crippen LogP contribution in [0.4, 0.5) is 4.39 Å². The molecule has 1 unspecified atom stereocenters. The summed E-state index contributed by atoms with van der Waals surface area (Å²) in [4.78, 5) is 0. The van der Waals surface area contributed by atoms with Crippen molar-refractivity contribution >= 4 is 0 Å². The molecule has 1 fully saturated rings. The standard InChI is InChI=1S/C19H30FN/c1-19(2,3)21-14-17(11-15-7-4-5-8-15)12-16-9-6-10-18(20)13-16/h6,9-10,13,15,17,21H,4-5,7-8,11-12,14H2,1-3H3. The van der Waals surface area contributed by atoms with Crippen LogP contribution in [0.1, 0.15) is 58.4 Å². The van der Waals surface area contributed by atoms with Crippen LogP contribution in [0.25, 0.3) is 0 Å². The SMILES string of the molecule is CC(C)(C)NCC(Cc1cccc(F)c1)CC1CCCC1. The van der Waals surface area contributed by atoms with Gasteiger partial charge >= 0.3 is 0 Å². The van der Waals surface area contributed by atoms with Crippen molar-refractivity contribution in [2.24, 2.45) is 11.8 Å². The maximum atomic E-state index is 13.4. The number of benzene rings is 1. The minimum absolute atomic E-state index is 0.115. The summed E-state index contributed by atoms with van der Waals surface area (Å²) < 4.78 is 13.4. The lowest BCUT2D eigenvalue weighted by atomic mass is 9.88. The van der Waals surface area contributed by atoms with Gasteiger partial charge < -0.3 is 5.32 Å². The summed E-state index contributed by atoms with van der Waals surface area (Å²) in [7, 11) is 0. The number of halogens is 1. The molecule has 118 valence electrons. The molecule has 21 heavy (non-hydrogen) atoms. The van der Waals surface area contributed by atoms with E-state index in [9.17, 15) is 4.39 Å². The Labute approximate surface area is 129 Å². The van der Waals surface area contributed by atoms with Crippen molar-refractivity contribution in [3.8, 4) is 0 Å². The second-order valence-electron chi connectivity index (χ2n) is 7.72. The Hall–Kier alpha value is -0.890. The fraction of sp³-hybridized carbons (Fsp3) is 0.684. The molecule has 1 aliphatic carbocycles. The van der Waals surface area contributed by atoms with E-state index < -0.39 is 0 Å². The van der Waals surface area contributed by atoms with Crippen LogP contribution in [0.5, 0.6) is 0 Å². The Morgan fingerprint density at radius 3 is 2.57 bits per heavy atom. The summed E-state index contributed by atoms with van der Waals surface area (Å²) in [6.07, 6.45) is 7.81. The minimum Gasteiger partial charge on any atom is -0.312 e. The molecule has 0 amide bonds. The van der Waals surface area contributed by atoms with Gasteiger partial charge in [-0.1, -0.05) is 37.8 Å². The van der Waals surface area contributed by atoms with Gasteiger partial charge in [0.2, 0.25) is 0 Å². The Balaban J connectivity index is 1.96. The van der Waals surface area contributed by atoms with Gasteiger partial charge in [0, 0.05) is 5.54 Å². The Morgan fingerprint density at radius 1 is 1.24 bits per heavy atom. The van der Waals surface area contributed by atoms with Gasteiger partial charge in [-0.3, -0.25) is 0 Å². The third-order valence-electron chi connectivity index (χ3n) is 4.48. The van der Waals surface area contributed by atoms with Crippen molar-refractivity contribution in [3.05, 3.63) is 35.6 Å². The van der Waals surface area contributed by atoms with E-state index in [0.29, 0.717) is 5.92 Å². The Bertz CT molecular complexity index is 429. The van der Waals surface area contributed by atoms with Crippen LogP contribution in [0, 0.1) is 17.7 Å². The lowest BCUT2D eigenvalue weighted by Gasteiger charge is -2.27. The van der Waals surface area contributed by atoms with Crippen LogP contribution < -0.4 is 5.32 Å². The zero-order valence-electron chi connectivity index (χ0n) is 13.8. The molecule has 2 heteroatoms. The Morgan fingerprint density at radius 2 is 1.95 bits per heavy atom. The van der Waals surface area contributed by atoms with Gasteiger partial charge in [0.1, 0.15) is 5.82 Å². The molecule has 1 aliphatic rings. The van der Waals surface area contributed by atoms with E-state index in [1.54, 1.807) is 6.07 Å². The van der Waals surface area contributed by atoms with Crippen molar-refractivity contribution in [2.75, 3.05) is 6.54 Å². The molecule has 0 spiro atoms. The lowest BCUT2D eigenvalue weighted by molar-refractivity contribution is 0.316. The monoisotopic (exact) mass is 291 g/mol. The molecule has 1 N–H and O–H groups in total. The van der Waals surface area contributed by atoms with Gasteiger partial charge in [0.15, 0.2) is 0 Å². The van der Waals surface area contributed by atoms with Gasteiger partial charge in [0.05, 0.1) is 0 Å². The van der Waals surface area contributed by atoms with E-state index in [-0.39, 0.29) is 11.4 Å². The van der Waals surface area contributed by atoms with Crippen molar-refractivity contribution in [1.29, 1.82) is 0 Å².